The minimum absolute atomic E-state index is 0.0331. The highest BCUT2D eigenvalue weighted by molar-refractivity contribution is 6.11. The number of para-hydroxylation sites is 1. The van der Waals surface area contributed by atoms with E-state index in [0.29, 0.717) is 28.9 Å². The fraction of sp³-hybridized carbons (Fsp3) is 0.0526. The SMILES string of the molecule is C=CCc1nc2c(N)cccc2cc1C(=O)c1ccccc1. The average Bonchev–Trinajstić information content (AvgIpc) is 2.55. The van der Waals surface area contributed by atoms with Gasteiger partial charge in [0.2, 0.25) is 0 Å². The molecule has 2 N–H and O–H groups in total. The molecular formula is C19H16N2O. The number of nitrogen functional groups attached to an aromatic ring is 1. The van der Waals surface area contributed by atoms with Crippen molar-refractivity contribution in [2.75, 3.05) is 5.73 Å². The van der Waals surface area contributed by atoms with Crippen molar-refractivity contribution in [2.45, 2.75) is 6.42 Å². The molecule has 108 valence electrons. The van der Waals surface area contributed by atoms with Gasteiger partial charge in [0, 0.05) is 22.9 Å². The first kappa shape index (κ1) is 14.0. The molecule has 3 nitrogen and oxygen atoms in total. The monoisotopic (exact) mass is 288 g/mol. The van der Waals surface area contributed by atoms with Crippen LogP contribution in [0.2, 0.25) is 0 Å². The van der Waals surface area contributed by atoms with E-state index in [4.69, 9.17) is 5.73 Å². The normalized spacial score (nSPS) is 10.5. The highest BCUT2D eigenvalue weighted by Crippen LogP contribution is 2.24. The second-order valence-corrected chi connectivity index (χ2v) is 5.09. The second-order valence-electron chi connectivity index (χ2n) is 5.09. The number of nitrogens with zero attached hydrogens (tertiary/aromatic N) is 1. The highest BCUT2D eigenvalue weighted by atomic mass is 16.1. The molecule has 1 aromatic heterocycles. The third-order valence-electron chi connectivity index (χ3n) is 3.57. The standard InChI is InChI=1S/C19H16N2O/c1-2-7-17-15(19(22)13-8-4-3-5-9-13)12-14-10-6-11-16(20)18(14)21-17/h2-6,8-12H,1,7,20H2. The zero-order valence-corrected chi connectivity index (χ0v) is 12.1. The molecule has 3 rings (SSSR count). The predicted octanol–water partition coefficient (Wildman–Crippen LogP) is 3.78. The van der Waals surface area contributed by atoms with Gasteiger partial charge in [0.25, 0.3) is 0 Å². The minimum atomic E-state index is -0.0331. The van der Waals surface area contributed by atoms with Crippen LogP contribution in [0.1, 0.15) is 21.6 Å². The summed E-state index contributed by atoms with van der Waals surface area (Å²) in [4.78, 5) is 17.4. The first-order valence-electron chi connectivity index (χ1n) is 7.09. The maximum absolute atomic E-state index is 12.8. The Morgan fingerprint density at radius 2 is 1.91 bits per heavy atom. The maximum Gasteiger partial charge on any atom is 0.194 e. The molecule has 2 aromatic carbocycles. The molecule has 0 spiro atoms. The fourth-order valence-corrected chi connectivity index (χ4v) is 2.49. The summed E-state index contributed by atoms with van der Waals surface area (Å²) in [6.45, 7) is 3.75. The van der Waals surface area contributed by atoms with Gasteiger partial charge in [-0.25, -0.2) is 4.98 Å². The Bertz CT molecular complexity index is 854. The number of fused-ring (bicyclic) bond motifs is 1. The Morgan fingerprint density at radius 1 is 1.14 bits per heavy atom. The Morgan fingerprint density at radius 3 is 2.64 bits per heavy atom. The van der Waals surface area contributed by atoms with Crippen molar-refractivity contribution in [2.24, 2.45) is 0 Å². The van der Waals surface area contributed by atoms with Crippen molar-refractivity contribution in [1.29, 1.82) is 0 Å². The van der Waals surface area contributed by atoms with Crippen LogP contribution in [-0.2, 0) is 6.42 Å². The second kappa shape index (κ2) is 5.82. The van der Waals surface area contributed by atoms with Crippen LogP contribution in [-0.4, -0.2) is 10.8 Å². The molecular weight excluding hydrogens is 272 g/mol. The fourth-order valence-electron chi connectivity index (χ4n) is 2.49. The van der Waals surface area contributed by atoms with Gasteiger partial charge >= 0.3 is 0 Å². The molecule has 3 aromatic rings. The number of aromatic nitrogens is 1. The van der Waals surface area contributed by atoms with Crippen LogP contribution >= 0.6 is 0 Å². The molecule has 0 atom stereocenters. The van der Waals surface area contributed by atoms with Crippen molar-refractivity contribution in [1.82, 2.24) is 4.98 Å². The summed E-state index contributed by atoms with van der Waals surface area (Å²) in [6.07, 6.45) is 2.27. The molecule has 22 heavy (non-hydrogen) atoms. The topological polar surface area (TPSA) is 56.0 Å². The number of carbonyl (C=O) groups excluding carboxylic acids is 1. The molecule has 0 fully saturated rings. The summed E-state index contributed by atoms with van der Waals surface area (Å²) in [5, 5.41) is 0.868. The zero-order valence-electron chi connectivity index (χ0n) is 12.1. The number of anilines is 1. The Balaban J connectivity index is 2.21. The Hall–Kier alpha value is -2.94. The molecule has 0 amide bonds. The number of hydrogen-bond donors (Lipinski definition) is 1. The van der Waals surface area contributed by atoms with Crippen molar-refractivity contribution in [3.63, 3.8) is 0 Å². The smallest absolute Gasteiger partial charge is 0.194 e. The Labute approximate surface area is 129 Å². The lowest BCUT2D eigenvalue weighted by molar-refractivity contribution is 0.103. The summed E-state index contributed by atoms with van der Waals surface area (Å²) in [6, 6.07) is 16.7. The molecule has 3 heteroatoms. The highest BCUT2D eigenvalue weighted by Gasteiger charge is 2.16. The van der Waals surface area contributed by atoms with Gasteiger partial charge in [-0.1, -0.05) is 48.5 Å². The van der Waals surface area contributed by atoms with Gasteiger partial charge < -0.3 is 5.73 Å². The molecule has 1 heterocycles. The third-order valence-corrected chi connectivity index (χ3v) is 3.57. The lowest BCUT2D eigenvalue weighted by atomic mass is 9.98. The van der Waals surface area contributed by atoms with Crippen molar-refractivity contribution < 1.29 is 4.79 Å². The zero-order chi connectivity index (χ0) is 15.5. The first-order chi connectivity index (χ1) is 10.7. The van der Waals surface area contributed by atoms with Gasteiger partial charge in [-0.05, 0) is 12.1 Å². The van der Waals surface area contributed by atoms with Crippen LogP contribution in [0.4, 0.5) is 5.69 Å². The van der Waals surface area contributed by atoms with Gasteiger partial charge in [0.05, 0.1) is 16.9 Å². The van der Waals surface area contributed by atoms with Crippen LogP contribution in [0.25, 0.3) is 10.9 Å². The number of benzene rings is 2. The van der Waals surface area contributed by atoms with E-state index in [2.05, 4.69) is 11.6 Å². The average molecular weight is 288 g/mol. The number of allylic oxidation sites excluding steroid dienone is 1. The third kappa shape index (κ3) is 2.49. The van der Waals surface area contributed by atoms with Crippen LogP contribution in [0, 0.1) is 0 Å². The number of carbonyl (C=O) groups is 1. The van der Waals surface area contributed by atoms with E-state index < -0.39 is 0 Å². The minimum Gasteiger partial charge on any atom is -0.397 e. The molecule has 0 aliphatic heterocycles. The molecule has 0 aliphatic rings. The molecule has 0 saturated carbocycles. The maximum atomic E-state index is 12.8. The largest absolute Gasteiger partial charge is 0.397 e. The number of nitrogens with two attached hydrogens (primary N) is 1. The summed E-state index contributed by atoms with van der Waals surface area (Å²) >= 11 is 0. The summed E-state index contributed by atoms with van der Waals surface area (Å²) in [5.74, 6) is -0.0331. The number of rotatable bonds is 4. The van der Waals surface area contributed by atoms with Gasteiger partial charge in [0.15, 0.2) is 5.78 Å². The van der Waals surface area contributed by atoms with Gasteiger partial charge in [-0.2, -0.15) is 0 Å². The van der Waals surface area contributed by atoms with E-state index in [1.54, 1.807) is 6.08 Å². The van der Waals surface area contributed by atoms with E-state index in [1.165, 1.54) is 0 Å². The van der Waals surface area contributed by atoms with Crippen LogP contribution in [0.5, 0.6) is 0 Å². The lowest BCUT2D eigenvalue weighted by Gasteiger charge is -2.10. The molecule has 0 unspecified atom stereocenters. The number of pyridine rings is 1. The predicted molar refractivity (Wildman–Crippen MR) is 89.9 cm³/mol. The van der Waals surface area contributed by atoms with Crippen molar-refractivity contribution >= 4 is 22.4 Å². The van der Waals surface area contributed by atoms with Gasteiger partial charge in [-0.3, -0.25) is 4.79 Å². The molecule has 0 aliphatic carbocycles. The van der Waals surface area contributed by atoms with Crippen LogP contribution in [0.15, 0.2) is 67.3 Å². The van der Waals surface area contributed by atoms with Crippen molar-refractivity contribution in [3.8, 4) is 0 Å². The molecule has 0 saturated heterocycles. The quantitative estimate of drug-likeness (QED) is 0.451. The van der Waals surface area contributed by atoms with E-state index >= 15 is 0 Å². The lowest BCUT2D eigenvalue weighted by Crippen LogP contribution is -2.08. The first-order valence-corrected chi connectivity index (χ1v) is 7.09. The number of hydrogen-bond acceptors (Lipinski definition) is 3. The summed E-state index contributed by atoms with van der Waals surface area (Å²) in [7, 11) is 0. The van der Waals surface area contributed by atoms with E-state index in [9.17, 15) is 4.79 Å². The Kier molecular flexibility index (Phi) is 3.71. The summed E-state index contributed by atoms with van der Waals surface area (Å²) < 4.78 is 0. The van der Waals surface area contributed by atoms with Crippen LogP contribution < -0.4 is 5.73 Å². The number of ketones is 1. The van der Waals surface area contributed by atoms with Gasteiger partial charge in [0.1, 0.15) is 0 Å². The molecule has 0 radical (unpaired) electrons. The van der Waals surface area contributed by atoms with E-state index in [0.717, 1.165) is 10.9 Å². The van der Waals surface area contributed by atoms with Crippen LogP contribution in [0.3, 0.4) is 0 Å². The van der Waals surface area contributed by atoms with Crippen molar-refractivity contribution in [3.05, 3.63) is 84.1 Å². The van der Waals surface area contributed by atoms with E-state index in [-0.39, 0.29) is 5.78 Å². The summed E-state index contributed by atoms with van der Waals surface area (Å²) in [5.41, 5.74) is 9.28. The molecule has 0 bridgehead atoms. The van der Waals surface area contributed by atoms with Gasteiger partial charge in [-0.15, -0.1) is 6.58 Å². The van der Waals surface area contributed by atoms with E-state index in [1.807, 2.05) is 54.6 Å².